The van der Waals surface area contributed by atoms with E-state index >= 15 is 0 Å². The van der Waals surface area contributed by atoms with Crippen molar-refractivity contribution in [3.63, 3.8) is 0 Å². The predicted octanol–water partition coefficient (Wildman–Crippen LogP) is 8.66. The van der Waals surface area contributed by atoms with Gasteiger partial charge in [-0.25, -0.2) is 9.97 Å². The molecule has 0 amide bonds. The summed E-state index contributed by atoms with van der Waals surface area (Å²) in [6.45, 7) is 8.04. The second-order valence-corrected chi connectivity index (χ2v) is 11.2. The molecule has 1 fully saturated rings. The van der Waals surface area contributed by atoms with Gasteiger partial charge in [0.15, 0.2) is 0 Å². The Morgan fingerprint density at radius 3 is 2.32 bits per heavy atom. The summed E-state index contributed by atoms with van der Waals surface area (Å²) >= 11 is 0. The summed E-state index contributed by atoms with van der Waals surface area (Å²) in [5, 5.41) is 3.61. The molecule has 41 heavy (non-hydrogen) atoms. The molecule has 11 heteroatoms. The van der Waals surface area contributed by atoms with Crippen LogP contribution in [0.1, 0.15) is 56.6 Å². The molecule has 1 N–H and O–H groups in total. The lowest BCUT2D eigenvalue weighted by atomic mass is 9.83. The summed E-state index contributed by atoms with van der Waals surface area (Å²) in [5.74, 6) is 0.801. The fraction of sp³-hybridized carbons (Fsp3) is 0.367. The number of aromatic nitrogens is 3. The number of nitrogens with one attached hydrogen (secondary N) is 1. The van der Waals surface area contributed by atoms with Crippen molar-refractivity contribution in [2.24, 2.45) is 5.41 Å². The molecule has 5 nitrogen and oxygen atoms in total. The van der Waals surface area contributed by atoms with Crippen LogP contribution in [0, 0.1) is 5.41 Å². The van der Waals surface area contributed by atoms with E-state index in [9.17, 15) is 26.3 Å². The molecule has 4 aromatic rings. The van der Waals surface area contributed by atoms with Crippen LogP contribution in [0.3, 0.4) is 0 Å². The van der Waals surface area contributed by atoms with Crippen molar-refractivity contribution in [1.29, 1.82) is 0 Å². The minimum absolute atomic E-state index is 0.102. The van der Waals surface area contributed by atoms with Gasteiger partial charge in [-0.2, -0.15) is 26.3 Å². The topological polar surface area (TPSA) is 53.9 Å². The molecule has 0 bridgehead atoms. The minimum atomic E-state index is -4.60. The van der Waals surface area contributed by atoms with Crippen molar-refractivity contribution in [1.82, 2.24) is 19.9 Å². The molecular formula is C30H29F6N5. The minimum Gasteiger partial charge on any atom is -0.340 e. The van der Waals surface area contributed by atoms with Gasteiger partial charge in [-0.3, -0.25) is 9.88 Å². The van der Waals surface area contributed by atoms with Crippen molar-refractivity contribution < 1.29 is 26.3 Å². The van der Waals surface area contributed by atoms with E-state index < -0.39 is 23.5 Å². The van der Waals surface area contributed by atoms with Crippen LogP contribution in [0.4, 0.5) is 37.8 Å². The van der Waals surface area contributed by atoms with E-state index in [4.69, 9.17) is 9.97 Å². The Labute approximate surface area is 233 Å². The number of pyridine rings is 1. The number of halogens is 6. The van der Waals surface area contributed by atoms with Crippen molar-refractivity contribution in [3.8, 4) is 11.3 Å². The van der Waals surface area contributed by atoms with E-state index in [0.29, 0.717) is 28.2 Å². The van der Waals surface area contributed by atoms with Crippen LogP contribution in [-0.4, -0.2) is 32.9 Å². The standard InChI is InChI=1S/C30H29F6N5/c1-18(41-15-5-13-28(2,3)17-41)26-39-24-16-19(25-23(30(34,35)36)6-4-14-37-25)7-12-22(24)27(40-26)38-21-10-8-20(9-11-21)29(31,32)33/h4,6-12,14,16,18H,5,13,15,17H2,1-3H3,(H,38,39,40). The summed E-state index contributed by atoms with van der Waals surface area (Å²) in [4.78, 5) is 15.8. The maximum absolute atomic E-state index is 13.7. The first-order valence-corrected chi connectivity index (χ1v) is 13.2. The quantitative estimate of drug-likeness (QED) is 0.242. The maximum Gasteiger partial charge on any atom is 0.418 e. The summed E-state index contributed by atoms with van der Waals surface area (Å²) < 4.78 is 80.5. The number of anilines is 2. The van der Waals surface area contributed by atoms with Gasteiger partial charge in [0.05, 0.1) is 28.4 Å². The molecular weight excluding hydrogens is 544 g/mol. The number of benzene rings is 2. The van der Waals surface area contributed by atoms with Crippen molar-refractivity contribution in [2.45, 2.75) is 52.0 Å². The van der Waals surface area contributed by atoms with E-state index in [0.717, 1.165) is 44.1 Å². The highest BCUT2D eigenvalue weighted by Gasteiger charge is 2.35. The number of likely N-dealkylation sites (tertiary alicyclic amines) is 1. The van der Waals surface area contributed by atoms with Crippen LogP contribution in [-0.2, 0) is 12.4 Å². The van der Waals surface area contributed by atoms with E-state index in [2.05, 4.69) is 29.0 Å². The first-order chi connectivity index (χ1) is 19.2. The van der Waals surface area contributed by atoms with Gasteiger partial charge in [0.25, 0.3) is 0 Å². The first kappa shape index (κ1) is 28.8. The zero-order valence-electron chi connectivity index (χ0n) is 22.7. The van der Waals surface area contributed by atoms with E-state index in [1.165, 1.54) is 30.5 Å². The first-order valence-electron chi connectivity index (χ1n) is 13.2. The molecule has 2 aromatic carbocycles. The maximum atomic E-state index is 13.7. The second-order valence-electron chi connectivity index (χ2n) is 11.2. The van der Waals surface area contributed by atoms with Crippen molar-refractivity contribution >= 4 is 22.4 Å². The number of hydrogen-bond acceptors (Lipinski definition) is 5. The van der Waals surface area contributed by atoms with Crippen LogP contribution >= 0.6 is 0 Å². The average Bonchev–Trinajstić information content (AvgIpc) is 2.91. The van der Waals surface area contributed by atoms with Gasteiger partial charge in [0.1, 0.15) is 11.6 Å². The molecule has 216 valence electrons. The number of piperidine rings is 1. The van der Waals surface area contributed by atoms with Crippen LogP contribution < -0.4 is 5.32 Å². The van der Waals surface area contributed by atoms with Gasteiger partial charge >= 0.3 is 12.4 Å². The normalized spacial score (nSPS) is 17.0. The Balaban J connectivity index is 1.61. The van der Waals surface area contributed by atoms with Gasteiger partial charge in [-0.1, -0.05) is 19.9 Å². The molecule has 3 heterocycles. The lowest BCUT2D eigenvalue weighted by molar-refractivity contribution is -0.138. The molecule has 5 rings (SSSR count). The van der Waals surface area contributed by atoms with Crippen LogP contribution in [0.25, 0.3) is 22.2 Å². The lowest BCUT2D eigenvalue weighted by Gasteiger charge is -2.40. The average molecular weight is 574 g/mol. The molecule has 0 saturated carbocycles. The zero-order valence-corrected chi connectivity index (χ0v) is 22.7. The predicted molar refractivity (Wildman–Crippen MR) is 146 cm³/mol. The van der Waals surface area contributed by atoms with Gasteiger partial charge < -0.3 is 5.32 Å². The second kappa shape index (κ2) is 10.6. The summed E-state index contributed by atoms with van der Waals surface area (Å²) in [6.07, 6.45) is -5.67. The van der Waals surface area contributed by atoms with Gasteiger partial charge in [-0.05, 0) is 80.3 Å². The highest BCUT2D eigenvalue weighted by atomic mass is 19.4. The Kier molecular flexibility index (Phi) is 7.44. The fourth-order valence-corrected chi connectivity index (χ4v) is 5.28. The Morgan fingerprint density at radius 1 is 0.927 bits per heavy atom. The molecule has 1 aliphatic rings. The van der Waals surface area contributed by atoms with E-state index in [-0.39, 0.29) is 22.7 Å². The number of hydrogen-bond donors (Lipinski definition) is 1. The largest absolute Gasteiger partial charge is 0.418 e. The van der Waals surface area contributed by atoms with Crippen molar-refractivity contribution in [3.05, 3.63) is 77.7 Å². The summed E-state index contributed by atoms with van der Waals surface area (Å²) in [6, 6.07) is 11.2. The SMILES string of the molecule is CC(c1nc(Nc2ccc(C(F)(F)F)cc2)c2ccc(-c3ncccc3C(F)(F)F)cc2n1)N1CCCC(C)(C)C1. The summed E-state index contributed by atoms with van der Waals surface area (Å²) in [5.41, 5.74) is -0.746. The molecule has 0 aliphatic carbocycles. The van der Waals surface area contributed by atoms with Crippen LogP contribution in [0.5, 0.6) is 0 Å². The Bertz CT molecular complexity index is 1550. The Hall–Kier alpha value is -3.73. The number of rotatable bonds is 5. The van der Waals surface area contributed by atoms with Gasteiger partial charge in [-0.15, -0.1) is 0 Å². The number of alkyl halides is 6. The monoisotopic (exact) mass is 573 g/mol. The zero-order chi connectivity index (χ0) is 29.6. The van der Waals surface area contributed by atoms with Crippen molar-refractivity contribution in [2.75, 3.05) is 18.4 Å². The lowest BCUT2D eigenvalue weighted by Crippen LogP contribution is -2.41. The molecule has 1 atom stereocenters. The molecule has 2 aromatic heterocycles. The third-order valence-corrected chi connectivity index (χ3v) is 7.43. The third-order valence-electron chi connectivity index (χ3n) is 7.43. The highest BCUT2D eigenvalue weighted by molar-refractivity contribution is 5.93. The van der Waals surface area contributed by atoms with Crippen LogP contribution in [0.2, 0.25) is 0 Å². The number of fused-ring (bicyclic) bond motifs is 1. The smallest absolute Gasteiger partial charge is 0.340 e. The fourth-order valence-electron chi connectivity index (χ4n) is 5.28. The molecule has 0 spiro atoms. The number of nitrogens with zero attached hydrogens (tertiary/aromatic N) is 4. The highest BCUT2D eigenvalue weighted by Crippen LogP contribution is 2.38. The van der Waals surface area contributed by atoms with Gasteiger partial charge in [0, 0.05) is 29.4 Å². The molecule has 1 unspecified atom stereocenters. The summed E-state index contributed by atoms with van der Waals surface area (Å²) in [7, 11) is 0. The molecule has 1 aliphatic heterocycles. The van der Waals surface area contributed by atoms with Crippen LogP contribution in [0.15, 0.2) is 60.8 Å². The molecule has 1 saturated heterocycles. The van der Waals surface area contributed by atoms with Gasteiger partial charge in [0.2, 0.25) is 0 Å². The van der Waals surface area contributed by atoms with E-state index in [1.807, 2.05) is 6.92 Å². The molecule has 0 radical (unpaired) electrons. The third kappa shape index (κ3) is 6.29. The van der Waals surface area contributed by atoms with E-state index in [1.54, 1.807) is 12.1 Å². The Morgan fingerprint density at radius 2 is 1.66 bits per heavy atom.